The maximum Gasteiger partial charge on any atom is 0.419 e. The van der Waals surface area contributed by atoms with Crippen LogP contribution in [-0.4, -0.2) is 52.2 Å². The van der Waals surface area contributed by atoms with Gasteiger partial charge in [-0.05, 0) is 31.9 Å². The minimum atomic E-state index is -4.65. The summed E-state index contributed by atoms with van der Waals surface area (Å²) in [5.41, 5.74) is 2.21. The summed E-state index contributed by atoms with van der Waals surface area (Å²) in [6.45, 7) is 4.70. The van der Waals surface area contributed by atoms with Crippen LogP contribution >= 0.6 is 0 Å². The molecule has 194 valence electrons. The van der Waals surface area contributed by atoms with Gasteiger partial charge in [-0.3, -0.25) is 4.79 Å². The number of carbonyl (C=O) groups is 1. The molecule has 5 rings (SSSR count). The Balaban J connectivity index is 1.51. The number of nitrogens with zero attached hydrogens (tertiary/aromatic N) is 3. The maximum atomic E-state index is 14.0. The summed E-state index contributed by atoms with van der Waals surface area (Å²) in [5.74, 6) is 0.368. The molecule has 12 heteroatoms. The summed E-state index contributed by atoms with van der Waals surface area (Å²) in [4.78, 5) is 23.4. The van der Waals surface area contributed by atoms with Gasteiger partial charge < -0.3 is 25.5 Å². The van der Waals surface area contributed by atoms with E-state index in [-0.39, 0.29) is 29.5 Å². The fourth-order valence-electron chi connectivity index (χ4n) is 4.88. The number of rotatable bonds is 5. The van der Waals surface area contributed by atoms with Crippen LogP contribution in [0.2, 0.25) is 0 Å². The SMILES string of the molecule is CNC(=O)[C@H]1CNC[C@@H](Nc2ncc(C(F)(F)F)c(-c3c[nH]c4cc(-c5c(C)noc5C)ccc34)n2)C1. The summed E-state index contributed by atoms with van der Waals surface area (Å²) >= 11 is 0. The number of benzene rings is 1. The fraction of sp³-hybridized carbons (Fsp3) is 0.360. The molecule has 1 aliphatic rings. The molecule has 4 aromatic rings. The predicted molar refractivity (Wildman–Crippen MR) is 132 cm³/mol. The Labute approximate surface area is 210 Å². The molecule has 1 fully saturated rings. The van der Waals surface area contributed by atoms with Gasteiger partial charge in [-0.15, -0.1) is 0 Å². The van der Waals surface area contributed by atoms with Gasteiger partial charge in [-0.2, -0.15) is 13.2 Å². The normalized spacial score (nSPS) is 18.2. The zero-order valence-electron chi connectivity index (χ0n) is 20.5. The largest absolute Gasteiger partial charge is 0.419 e. The van der Waals surface area contributed by atoms with E-state index in [2.05, 4.69) is 36.1 Å². The number of hydrogen-bond donors (Lipinski definition) is 4. The number of piperidine rings is 1. The molecular weight excluding hydrogens is 487 g/mol. The second-order valence-corrected chi connectivity index (χ2v) is 9.16. The number of aromatic nitrogens is 4. The number of hydrogen-bond acceptors (Lipinski definition) is 7. The highest BCUT2D eigenvalue weighted by Crippen LogP contribution is 2.40. The third-order valence-electron chi connectivity index (χ3n) is 6.65. The second kappa shape index (κ2) is 9.51. The Bertz CT molecular complexity index is 1440. The van der Waals surface area contributed by atoms with E-state index >= 15 is 0 Å². The number of halogens is 3. The van der Waals surface area contributed by atoms with Crippen molar-refractivity contribution in [2.24, 2.45) is 5.92 Å². The molecule has 9 nitrogen and oxygen atoms in total. The number of aromatic amines is 1. The van der Waals surface area contributed by atoms with Crippen molar-refractivity contribution in [2.75, 3.05) is 25.5 Å². The maximum absolute atomic E-state index is 14.0. The molecule has 0 aliphatic carbocycles. The van der Waals surface area contributed by atoms with Crippen LogP contribution < -0.4 is 16.0 Å². The van der Waals surface area contributed by atoms with Crippen LogP contribution in [0.25, 0.3) is 33.3 Å². The van der Waals surface area contributed by atoms with Crippen LogP contribution in [0.15, 0.2) is 35.1 Å². The highest BCUT2D eigenvalue weighted by atomic mass is 19.4. The fourth-order valence-corrected chi connectivity index (χ4v) is 4.88. The Morgan fingerprint density at radius 3 is 2.73 bits per heavy atom. The molecule has 1 aromatic carbocycles. The molecule has 4 N–H and O–H groups in total. The summed E-state index contributed by atoms with van der Waals surface area (Å²) in [6, 6.07) is 5.22. The van der Waals surface area contributed by atoms with Gasteiger partial charge in [-0.1, -0.05) is 17.3 Å². The van der Waals surface area contributed by atoms with Gasteiger partial charge >= 0.3 is 6.18 Å². The standard InChI is InChI=1S/C25H26F3N7O2/c1-12-21(13(2)37-35-12)14-4-5-17-18(10-31-20(17)7-14)22-19(25(26,27)28)11-32-24(34-22)33-16-6-15(8-30-9-16)23(36)29-3/h4-5,7,10-11,15-16,30-31H,6,8-9H2,1-3H3,(H,29,36)(H,32,33,34)/t15-,16+/m1/s1. The molecule has 0 spiro atoms. The number of alkyl halides is 3. The van der Waals surface area contributed by atoms with E-state index in [0.29, 0.717) is 41.7 Å². The van der Waals surface area contributed by atoms with E-state index in [4.69, 9.17) is 4.52 Å². The lowest BCUT2D eigenvalue weighted by atomic mass is 9.95. The van der Waals surface area contributed by atoms with Gasteiger partial charge in [0.2, 0.25) is 11.9 Å². The van der Waals surface area contributed by atoms with Crippen LogP contribution in [-0.2, 0) is 11.0 Å². The second-order valence-electron chi connectivity index (χ2n) is 9.16. The molecule has 2 atom stereocenters. The van der Waals surface area contributed by atoms with Crippen LogP contribution in [0.4, 0.5) is 19.1 Å². The number of H-pyrrole nitrogens is 1. The first kappa shape index (κ1) is 24.8. The molecule has 1 aliphatic heterocycles. The van der Waals surface area contributed by atoms with Gasteiger partial charge in [0.1, 0.15) is 11.3 Å². The first-order chi connectivity index (χ1) is 17.7. The molecule has 37 heavy (non-hydrogen) atoms. The number of amides is 1. The van der Waals surface area contributed by atoms with E-state index in [9.17, 15) is 18.0 Å². The van der Waals surface area contributed by atoms with E-state index in [1.165, 1.54) is 6.20 Å². The Kier molecular flexibility index (Phi) is 6.36. The van der Waals surface area contributed by atoms with Crippen molar-refractivity contribution in [2.45, 2.75) is 32.5 Å². The molecule has 1 saturated heterocycles. The minimum absolute atomic E-state index is 0.0639. The smallest absolute Gasteiger partial charge is 0.361 e. The average molecular weight is 514 g/mol. The zero-order chi connectivity index (χ0) is 26.3. The number of aryl methyl sites for hydroxylation is 2. The first-order valence-corrected chi connectivity index (χ1v) is 11.8. The summed E-state index contributed by atoms with van der Waals surface area (Å²) in [5, 5.41) is 13.5. The monoisotopic (exact) mass is 513 g/mol. The van der Waals surface area contributed by atoms with Gasteiger partial charge in [-0.25, -0.2) is 9.97 Å². The molecule has 0 radical (unpaired) electrons. The topological polar surface area (TPSA) is 121 Å². The third-order valence-corrected chi connectivity index (χ3v) is 6.65. The van der Waals surface area contributed by atoms with Crippen molar-refractivity contribution in [3.63, 3.8) is 0 Å². The molecular formula is C25H26F3N7O2. The lowest BCUT2D eigenvalue weighted by Crippen LogP contribution is -2.48. The lowest BCUT2D eigenvalue weighted by Gasteiger charge is -2.29. The van der Waals surface area contributed by atoms with E-state index < -0.39 is 11.7 Å². The summed E-state index contributed by atoms with van der Waals surface area (Å²) in [6.07, 6.45) is -1.82. The van der Waals surface area contributed by atoms with Crippen molar-refractivity contribution in [1.82, 2.24) is 30.7 Å². The van der Waals surface area contributed by atoms with Crippen LogP contribution in [0.3, 0.4) is 0 Å². The van der Waals surface area contributed by atoms with E-state index in [0.717, 1.165) is 23.0 Å². The number of nitrogens with one attached hydrogen (secondary N) is 4. The number of fused-ring (bicyclic) bond motifs is 1. The Morgan fingerprint density at radius 1 is 1.22 bits per heavy atom. The summed E-state index contributed by atoms with van der Waals surface area (Å²) in [7, 11) is 1.57. The molecule has 0 bridgehead atoms. The predicted octanol–water partition coefficient (Wildman–Crippen LogP) is 4.05. The van der Waals surface area contributed by atoms with Crippen molar-refractivity contribution >= 4 is 22.8 Å². The van der Waals surface area contributed by atoms with Crippen molar-refractivity contribution in [3.05, 3.63) is 47.6 Å². The number of anilines is 1. The molecule has 0 saturated carbocycles. The third kappa shape index (κ3) is 4.76. The van der Waals surface area contributed by atoms with Gasteiger partial charge in [0, 0.05) is 60.6 Å². The Morgan fingerprint density at radius 2 is 2.03 bits per heavy atom. The quantitative estimate of drug-likeness (QED) is 0.318. The van der Waals surface area contributed by atoms with E-state index in [1.54, 1.807) is 13.1 Å². The highest BCUT2D eigenvalue weighted by molar-refractivity contribution is 5.97. The van der Waals surface area contributed by atoms with Crippen LogP contribution in [0, 0.1) is 19.8 Å². The van der Waals surface area contributed by atoms with Gasteiger partial charge in [0.25, 0.3) is 0 Å². The van der Waals surface area contributed by atoms with E-state index in [1.807, 2.05) is 26.0 Å². The first-order valence-electron chi connectivity index (χ1n) is 11.8. The van der Waals surface area contributed by atoms with Crippen LogP contribution in [0.1, 0.15) is 23.4 Å². The summed E-state index contributed by atoms with van der Waals surface area (Å²) < 4.78 is 47.2. The van der Waals surface area contributed by atoms with Gasteiger partial charge in [0.15, 0.2) is 0 Å². The molecule has 1 amide bonds. The average Bonchev–Trinajstić information content (AvgIpc) is 3.44. The molecule has 0 unspecified atom stereocenters. The Hall–Kier alpha value is -3.93. The van der Waals surface area contributed by atoms with Crippen molar-refractivity contribution in [3.8, 4) is 22.4 Å². The minimum Gasteiger partial charge on any atom is -0.361 e. The lowest BCUT2D eigenvalue weighted by molar-refractivity contribution is -0.137. The van der Waals surface area contributed by atoms with Crippen molar-refractivity contribution in [1.29, 1.82) is 0 Å². The van der Waals surface area contributed by atoms with Gasteiger partial charge in [0.05, 0.1) is 17.3 Å². The van der Waals surface area contributed by atoms with Crippen molar-refractivity contribution < 1.29 is 22.5 Å². The highest BCUT2D eigenvalue weighted by Gasteiger charge is 2.36. The number of carbonyl (C=O) groups excluding carboxylic acids is 1. The molecule has 3 aromatic heterocycles. The molecule has 4 heterocycles. The zero-order valence-corrected chi connectivity index (χ0v) is 20.5. The van der Waals surface area contributed by atoms with Crippen LogP contribution in [0.5, 0.6) is 0 Å².